The van der Waals surface area contributed by atoms with Gasteiger partial charge in [0.15, 0.2) is 0 Å². The maximum Gasteiger partial charge on any atom is 0.469 e. The molecule has 5 heterocycles. The molecule has 5 aliphatic rings. The number of phosphoric ester groups is 1. The molecule has 0 aromatic rings. The number of aliphatic hydroxyl groups excluding tert-OH is 1. The molecule has 42 heteroatoms. The molecule has 0 aliphatic carbocycles. The number of nitrogens with one attached hydrogen (secondary N) is 12. The van der Waals surface area contributed by atoms with Crippen molar-refractivity contribution in [2.45, 2.75) is 176 Å². The molecule has 0 bridgehead atoms. The largest absolute Gasteiger partial charge is 0.481 e. The molecule has 0 spiro atoms. The fraction of sp³-hybridized carbons (Fsp3) is 0.696. The number of thioether (sulfide) groups is 1. The number of urea groups is 1. The Morgan fingerprint density at radius 2 is 1.17 bits per heavy atom. The SMILES string of the molecule is CC(C)[C@H](NC(=O)[C@@H]1CCCN1C(=O)[C@H](COP(=O)(O)O)NC(=O)[C@@H]1CCCN1C(=O)[C@H](CCC(=O)O)NC(=O)CNC(=O)[C@H](CC(N)=O)NC(=O)[C@H](CO)NC(=O)CNC(=O)CNC(=O)CCCC[C@@H]1SC[C@@H]2NC(=O)N[C@@H]21)C(=O)N[C@@H](C)C(=O)NCC(=O)N1CCC[C@H]1C(N)=O. The number of amides is 17. The lowest BCUT2D eigenvalue weighted by atomic mass is 10.0. The average molecular weight is 1430 g/mol. The van der Waals surface area contributed by atoms with Crippen LogP contribution in [0.3, 0.4) is 0 Å². The highest BCUT2D eigenvalue weighted by Gasteiger charge is 2.45. The topological polar surface area (TPSA) is 604 Å². The summed E-state index contributed by atoms with van der Waals surface area (Å²) in [6, 6.07) is -13.7. The maximum absolute atomic E-state index is 14.3. The lowest BCUT2D eigenvalue weighted by Gasteiger charge is -2.32. The van der Waals surface area contributed by atoms with Crippen LogP contribution in [0.15, 0.2) is 0 Å². The van der Waals surface area contributed by atoms with Crippen LogP contribution in [0.25, 0.3) is 0 Å². The summed E-state index contributed by atoms with van der Waals surface area (Å²) in [5, 5.41) is 48.5. The van der Waals surface area contributed by atoms with E-state index in [-0.39, 0.29) is 75.1 Å². The molecule has 98 heavy (non-hydrogen) atoms. The third-order valence-corrected chi connectivity index (χ3v) is 18.6. The quantitative estimate of drug-likeness (QED) is 0.0155. The Kier molecular flexibility index (Phi) is 30.8. The van der Waals surface area contributed by atoms with Crippen LogP contribution < -0.4 is 75.3 Å². The first kappa shape index (κ1) is 79.9. The van der Waals surface area contributed by atoms with Crippen molar-refractivity contribution in [3.8, 4) is 0 Å². The smallest absolute Gasteiger partial charge is 0.469 e. The molecule has 0 unspecified atom stereocenters. The molecule has 546 valence electrons. The van der Waals surface area contributed by atoms with E-state index in [1.54, 1.807) is 25.6 Å². The van der Waals surface area contributed by atoms with Gasteiger partial charge in [-0.05, 0) is 70.6 Å². The summed E-state index contributed by atoms with van der Waals surface area (Å²) in [6.45, 7) is -0.697. The predicted octanol–water partition coefficient (Wildman–Crippen LogP) is -8.94. The third kappa shape index (κ3) is 24.6. The van der Waals surface area contributed by atoms with E-state index in [0.717, 1.165) is 22.0 Å². The standard InChI is InChI=1S/C56H88N17O23PS/c1-27(2)45(53(89)63-28(3)48(84)62-23-43(80)71-16-6-9-34(71)47(58)83)69-52(88)36-11-8-18-73(36)55(91)32(25-96-97(93,94)95)67-51(87)35-10-7-17-72(35)54(90)29(14-15-44(81)82)64-42(79)22-61-49(85)30(19-38(57)75)66-50(86)31(24-74)65-41(78)21-60-40(77)20-59-39(76)13-5-4-12-37-46-33(26-98-37)68-56(92)70-46/h27-37,45-46,74H,4-26H2,1-3H3,(H2,57,75)(H2,58,83)(H,59,76)(H,60,77)(H,61,85)(H,62,84)(H,63,89)(H,64,79)(H,65,78)(H,66,86)(H,67,87)(H,69,88)(H,81,82)(H2,68,70,92)(H2,93,94,95)/t28-,29-,30-,31-,32-,33-,34-,35-,36-,37-,45-,46-/m0/s1. The van der Waals surface area contributed by atoms with Gasteiger partial charge in [0.1, 0.15) is 54.4 Å². The number of fused-ring (bicyclic) bond motifs is 1. The fourth-order valence-corrected chi connectivity index (χ4v) is 13.4. The highest BCUT2D eigenvalue weighted by atomic mass is 32.2. The van der Waals surface area contributed by atoms with Gasteiger partial charge in [0.2, 0.25) is 88.6 Å². The zero-order valence-corrected chi connectivity index (χ0v) is 55.9. The number of carbonyl (C=O) groups excluding carboxylic acids is 16. The van der Waals surface area contributed by atoms with Gasteiger partial charge in [0.25, 0.3) is 0 Å². The zero-order chi connectivity index (χ0) is 72.7. The number of primary amides is 2. The van der Waals surface area contributed by atoms with Gasteiger partial charge in [0, 0.05) is 43.5 Å². The molecule has 0 aromatic carbocycles. The number of likely N-dealkylation sites (tertiary alicyclic amines) is 3. The van der Waals surface area contributed by atoms with E-state index >= 15 is 0 Å². The number of unbranched alkanes of at least 4 members (excludes halogenated alkanes) is 1. The Hall–Kier alpha value is -8.79. The first-order valence-corrected chi connectivity index (χ1v) is 34.3. The van der Waals surface area contributed by atoms with Crippen molar-refractivity contribution in [2.75, 3.05) is 64.8 Å². The second-order valence-electron chi connectivity index (χ2n) is 24.3. The number of nitrogens with two attached hydrogens (primary N) is 2. The van der Waals surface area contributed by atoms with Crippen LogP contribution in [0.2, 0.25) is 0 Å². The zero-order valence-electron chi connectivity index (χ0n) is 54.2. The molecular weight excluding hydrogens is 1340 g/mol. The Bertz CT molecular complexity index is 3070. The third-order valence-electron chi connectivity index (χ3n) is 16.6. The molecule has 12 atom stereocenters. The van der Waals surface area contributed by atoms with Crippen molar-refractivity contribution in [1.29, 1.82) is 0 Å². The summed E-state index contributed by atoms with van der Waals surface area (Å²) in [6.07, 6.45) is 0.861. The van der Waals surface area contributed by atoms with Crippen LogP contribution in [0.4, 0.5) is 4.79 Å². The van der Waals surface area contributed by atoms with Crippen molar-refractivity contribution in [3.63, 3.8) is 0 Å². The predicted molar refractivity (Wildman–Crippen MR) is 337 cm³/mol. The van der Waals surface area contributed by atoms with Crippen LogP contribution in [0, 0.1) is 5.92 Å². The van der Waals surface area contributed by atoms with Gasteiger partial charge < -0.3 is 110 Å². The lowest BCUT2D eigenvalue weighted by Crippen LogP contribution is -2.60. The molecule has 5 saturated heterocycles. The van der Waals surface area contributed by atoms with E-state index in [0.29, 0.717) is 25.7 Å². The van der Waals surface area contributed by atoms with E-state index < -0.39 is 221 Å². The molecule has 0 saturated carbocycles. The normalized spacial score (nSPS) is 21.3. The molecular formula is C56H88N17O23PS. The number of hydrogen-bond donors (Lipinski definition) is 18. The van der Waals surface area contributed by atoms with Crippen molar-refractivity contribution in [3.05, 3.63) is 0 Å². The number of nitrogens with zero attached hydrogens (tertiary/aromatic N) is 3. The minimum atomic E-state index is -5.38. The van der Waals surface area contributed by atoms with E-state index in [1.165, 1.54) is 11.8 Å². The van der Waals surface area contributed by atoms with Crippen LogP contribution in [-0.4, -0.2) is 272 Å². The van der Waals surface area contributed by atoms with Crippen LogP contribution in [0.5, 0.6) is 0 Å². The number of phosphoric acid groups is 1. The Morgan fingerprint density at radius 1 is 0.612 bits per heavy atom. The summed E-state index contributed by atoms with van der Waals surface area (Å²) in [5.41, 5.74) is 10.7. The molecule has 20 N–H and O–H groups in total. The van der Waals surface area contributed by atoms with Crippen LogP contribution >= 0.6 is 19.6 Å². The van der Waals surface area contributed by atoms with E-state index in [2.05, 4.69) is 68.3 Å². The van der Waals surface area contributed by atoms with Gasteiger partial charge in [-0.15, -0.1) is 0 Å². The Labute approximate surface area is 565 Å². The van der Waals surface area contributed by atoms with Crippen molar-refractivity contribution in [1.82, 2.24) is 78.5 Å². The molecule has 0 radical (unpaired) electrons. The summed E-state index contributed by atoms with van der Waals surface area (Å²) < 4.78 is 16.6. The maximum atomic E-state index is 14.3. The van der Waals surface area contributed by atoms with Gasteiger partial charge >= 0.3 is 19.8 Å². The fourth-order valence-electron chi connectivity index (χ4n) is 11.5. The second-order valence-corrected chi connectivity index (χ2v) is 26.8. The summed E-state index contributed by atoms with van der Waals surface area (Å²) in [4.78, 5) is 243. The van der Waals surface area contributed by atoms with Crippen molar-refractivity contribution >= 4 is 120 Å². The van der Waals surface area contributed by atoms with E-state index in [4.69, 9.17) is 11.5 Å². The highest BCUT2D eigenvalue weighted by Crippen LogP contribution is 2.36. The van der Waals surface area contributed by atoms with Crippen LogP contribution in [0.1, 0.15) is 104 Å². The molecule has 5 fully saturated rings. The van der Waals surface area contributed by atoms with Gasteiger partial charge in [-0.25, -0.2) is 9.36 Å². The highest BCUT2D eigenvalue weighted by molar-refractivity contribution is 8.00. The second kappa shape index (κ2) is 37.8. The number of rotatable bonds is 38. The minimum absolute atomic E-state index is 0.0110. The minimum Gasteiger partial charge on any atom is -0.481 e. The first-order valence-electron chi connectivity index (χ1n) is 31.8. The monoisotopic (exact) mass is 1430 g/mol. The van der Waals surface area contributed by atoms with Gasteiger partial charge in [-0.2, -0.15) is 11.8 Å². The lowest BCUT2D eigenvalue weighted by molar-refractivity contribution is -0.145. The molecule has 5 aliphatic heterocycles. The molecule has 5 rings (SSSR count). The summed E-state index contributed by atoms with van der Waals surface area (Å²) >= 11 is 1.73. The number of carbonyl (C=O) groups is 17. The van der Waals surface area contributed by atoms with Crippen molar-refractivity contribution < 1.29 is 111 Å². The Balaban J connectivity index is 1.13. The summed E-state index contributed by atoms with van der Waals surface area (Å²) in [7, 11) is -5.38. The van der Waals surface area contributed by atoms with Gasteiger partial charge in [0.05, 0.1) is 57.9 Å². The molecule has 0 aromatic heterocycles. The van der Waals surface area contributed by atoms with E-state index in [9.17, 15) is 106 Å². The van der Waals surface area contributed by atoms with E-state index in [1.807, 2.05) is 0 Å². The number of hydrogen-bond acceptors (Lipinski definition) is 21. The first-order chi connectivity index (χ1) is 46.2. The van der Waals surface area contributed by atoms with Gasteiger partial charge in [-0.1, -0.05) is 20.3 Å². The Morgan fingerprint density at radius 3 is 1.77 bits per heavy atom. The number of carboxylic acid groups (broad SMARTS) is 1. The number of aliphatic hydroxyl groups is 1. The average Bonchev–Trinajstić information content (AvgIpc) is 1.63. The number of aliphatic carboxylic acids is 1. The summed E-state index contributed by atoms with van der Waals surface area (Å²) in [5.74, 6) is -15.3. The van der Waals surface area contributed by atoms with Gasteiger partial charge in [-0.3, -0.25) is 81.2 Å². The molecule has 17 amide bonds. The van der Waals surface area contributed by atoms with Crippen molar-refractivity contribution in [2.24, 2.45) is 17.4 Å². The number of carboxylic acids is 1. The van der Waals surface area contributed by atoms with Crippen LogP contribution in [-0.2, 0) is 85.8 Å². The molecule has 40 nitrogen and oxygen atoms in total.